The van der Waals surface area contributed by atoms with E-state index in [1.807, 2.05) is 12.4 Å². The first kappa shape index (κ1) is 38.2. The summed E-state index contributed by atoms with van der Waals surface area (Å²) in [5.74, 6) is 0.596. The standard InChI is InChI=1S/C39H75N2/c1-3-5-7-9-11-13-15-17-19-21-23-25-27-29-31-33-35-38(39-40-36-37-41-39)34-32-30-28-26-24-22-20-18-16-14-12-10-8-6-4-2/h36-38H,3-35H2,1-2H3/q+1. The van der Waals surface area contributed by atoms with Crippen LogP contribution >= 0.6 is 0 Å². The van der Waals surface area contributed by atoms with Crippen LogP contribution in [0.3, 0.4) is 0 Å². The Morgan fingerprint density at radius 1 is 0.341 bits per heavy atom. The van der Waals surface area contributed by atoms with Gasteiger partial charge < -0.3 is 0 Å². The third-order valence-electron chi connectivity index (χ3n) is 9.41. The first-order valence-corrected chi connectivity index (χ1v) is 19.3. The molecular weight excluding hydrogens is 496 g/mol. The Balaban J connectivity index is 1.90. The van der Waals surface area contributed by atoms with E-state index >= 15 is 0 Å². The van der Waals surface area contributed by atoms with Crippen molar-refractivity contribution >= 4 is 12.4 Å². The predicted octanol–water partition coefficient (Wildman–Crippen LogP) is 14.2. The molecule has 0 aliphatic carbocycles. The van der Waals surface area contributed by atoms with Crippen molar-refractivity contribution in [3.8, 4) is 0 Å². The number of nitrogens with zero attached hydrogens (tertiary/aromatic N) is 2. The number of rotatable bonds is 34. The zero-order valence-electron chi connectivity index (χ0n) is 28.5. The molecule has 0 N–H and O–H groups in total. The van der Waals surface area contributed by atoms with Crippen LogP contribution in [0.25, 0.3) is 0 Å². The van der Waals surface area contributed by atoms with E-state index in [4.69, 9.17) is 0 Å². The summed E-state index contributed by atoms with van der Waals surface area (Å²) in [6, 6.07) is 0. The molecule has 0 aromatic carbocycles. The molecule has 1 aliphatic heterocycles. The van der Waals surface area contributed by atoms with Gasteiger partial charge in [0.05, 0.1) is 5.92 Å². The molecule has 1 atom stereocenters. The van der Waals surface area contributed by atoms with Crippen LogP contribution in [0.2, 0.25) is 0 Å². The van der Waals surface area contributed by atoms with Gasteiger partial charge in [-0.25, -0.2) is 0 Å². The number of hydrogen-bond donors (Lipinski definition) is 0. The molecule has 2 heteroatoms. The van der Waals surface area contributed by atoms with E-state index in [-0.39, 0.29) is 0 Å². The second-order valence-corrected chi connectivity index (χ2v) is 13.4. The molecule has 0 bridgehead atoms. The van der Waals surface area contributed by atoms with Gasteiger partial charge in [0.15, 0.2) is 12.4 Å². The van der Waals surface area contributed by atoms with E-state index in [9.17, 15) is 0 Å². The minimum Gasteiger partial charge on any atom is -0.0965 e. The highest BCUT2D eigenvalue weighted by Crippen LogP contribution is 2.30. The summed E-state index contributed by atoms with van der Waals surface area (Å²) < 4.78 is 0. The predicted molar refractivity (Wildman–Crippen MR) is 187 cm³/mol. The van der Waals surface area contributed by atoms with Crippen LogP contribution < -0.4 is 0 Å². The summed E-state index contributed by atoms with van der Waals surface area (Å²) in [5.41, 5.74) is 0. The van der Waals surface area contributed by atoms with Gasteiger partial charge in [0.1, 0.15) is 0 Å². The maximum absolute atomic E-state index is 4.59. The van der Waals surface area contributed by atoms with Crippen LogP contribution in [0.1, 0.15) is 226 Å². The van der Waals surface area contributed by atoms with Crippen molar-refractivity contribution in [2.75, 3.05) is 0 Å². The molecule has 1 heterocycles. The van der Waals surface area contributed by atoms with Crippen molar-refractivity contribution in [1.82, 2.24) is 0 Å². The molecule has 2 nitrogen and oxygen atoms in total. The fraction of sp³-hybridized carbons (Fsp3) is 0.923. The van der Waals surface area contributed by atoms with Crippen molar-refractivity contribution in [3.63, 3.8) is 0 Å². The third-order valence-corrected chi connectivity index (χ3v) is 9.41. The zero-order chi connectivity index (χ0) is 29.3. The van der Waals surface area contributed by atoms with Crippen LogP contribution in [0.15, 0.2) is 9.98 Å². The number of aliphatic imine (C=N–C) groups is 2. The van der Waals surface area contributed by atoms with Crippen LogP contribution in [0, 0.1) is 12.1 Å². The zero-order valence-corrected chi connectivity index (χ0v) is 28.5. The minimum absolute atomic E-state index is 0.596. The lowest BCUT2D eigenvalue weighted by atomic mass is 9.92. The van der Waals surface area contributed by atoms with Gasteiger partial charge >= 0.3 is 0 Å². The molecule has 0 fully saturated rings. The van der Waals surface area contributed by atoms with Crippen molar-refractivity contribution < 1.29 is 0 Å². The molecule has 1 unspecified atom stereocenters. The Morgan fingerprint density at radius 2 is 0.561 bits per heavy atom. The van der Waals surface area contributed by atoms with E-state index < -0.39 is 0 Å². The average molecular weight is 572 g/mol. The van der Waals surface area contributed by atoms with E-state index in [2.05, 4.69) is 23.8 Å². The third kappa shape index (κ3) is 26.6. The van der Waals surface area contributed by atoms with E-state index in [1.54, 1.807) is 0 Å². The summed E-state index contributed by atoms with van der Waals surface area (Å²) in [5, 5.41) is 0. The second kappa shape index (κ2) is 32.1. The monoisotopic (exact) mass is 572 g/mol. The number of unbranched alkanes of at least 4 members (excludes halogenated alkanes) is 29. The van der Waals surface area contributed by atoms with Gasteiger partial charge in [-0.15, -0.1) is 0 Å². The summed E-state index contributed by atoms with van der Waals surface area (Å²) in [7, 11) is 0. The summed E-state index contributed by atoms with van der Waals surface area (Å²) in [4.78, 5) is 9.17. The first-order chi connectivity index (χ1) is 20.4. The van der Waals surface area contributed by atoms with Crippen molar-refractivity contribution in [3.05, 3.63) is 6.17 Å². The lowest BCUT2D eigenvalue weighted by Crippen LogP contribution is -2.08. The Bertz CT molecular complexity index is 542. The minimum atomic E-state index is 0.596. The quantitative estimate of drug-likeness (QED) is 0.0542. The molecule has 0 spiro atoms. The Morgan fingerprint density at radius 3 is 0.805 bits per heavy atom. The average Bonchev–Trinajstić information content (AvgIpc) is 3.53. The van der Waals surface area contributed by atoms with Gasteiger partial charge in [-0.3, -0.25) is 0 Å². The Kier molecular flexibility index (Phi) is 30.0. The molecule has 0 amide bonds. The molecule has 0 radical (unpaired) electrons. The van der Waals surface area contributed by atoms with E-state index in [0.717, 1.165) is 6.17 Å². The highest BCUT2D eigenvalue weighted by molar-refractivity contribution is 6.18. The van der Waals surface area contributed by atoms with Crippen LogP contribution in [0.5, 0.6) is 0 Å². The Hall–Kier alpha value is -0.790. The lowest BCUT2D eigenvalue weighted by Gasteiger charge is -2.14. The SMILES string of the molecule is CCCCCCCCCCCCCCCCCCC(CCCCCCCCCCCCCCCCC)[C+]1N=CC=N1. The fourth-order valence-electron chi connectivity index (χ4n) is 6.57. The largest absolute Gasteiger partial charge is 0.243 e. The highest BCUT2D eigenvalue weighted by Gasteiger charge is 2.27. The molecule has 41 heavy (non-hydrogen) atoms. The van der Waals surface area contributed by atoms with Crippen LogP contribution in [-0.2, 0) is 0 Å². The second-order valence-electron chi connectivity index (χ2n) is 13.4. The molecule has 240 valence electrons. The van der Waals surface area contributed by atoms with E-state index in [0.29, 0.717) is 5.92 Å². The molecule has 1 rings (SSSR count). The molecular formula is C39H75N2+. The smallest absolute Gasteiger partial charge is 0.0965 e. The molecule has 0 saturated carbocycles. The Labute approximate surface area is 259 Å². The summed E-state index contributed by atoms with van der Waals surface area (Å²) >= 11 is 0. The fourth-order valence-corrected chi connectivity index (χ4v) is 6.57. The normalized spacial score (nSPS) is 13.6. The maximum atomic E-state index is 4.59. The highest BCUT2D eigenvalue weighted by atomic mass is 15.0. The topological polar surface area (TPSA) is 24.7 Å². The van der Waals surface area contributed by atoms with Crippen molar-refractivity contribution in [2.24, 2.45) is 15.9 Å². The van der Waals surface area contributed by atoms with Gasteiger partial charge in [0, 0.05) is 0 Å². The van der Waals surface area contributed by atoms with Gasteiger partial charge in [-0.05, 0) is 12.8 Å². The van der Waals surface area contributed by atoms with Crippen LogP contribution in [0.4, 0.5) is 0 Å². The molecule has 0 aromatic heterocycles. The van der Waals surface area contributed by atoms with Gasteiger partial charge in [0.2, 0.25) is 6.17 Å². The van der Waals surface area contributed by atoms with Gasteiger partial charge in [-0.2, -0.15) is 0 Å². The molecule has 1 aliphatic rings. The van der Waals surface area contributed by atoms with Gasteiger partial charge in [0.25, 0.3) is 0 Å². The van der Waals surface area contributed by atoms with E-state index in [1.165, 1.54) is 212 Å². The van der Waals surface area contributed by atoms with Crippen molar-refractivity contribution in [2.45, 2.75) is 226 Å². The van der Waals surface area contributed by atoms with Crippen molar-refractivity contribution in [1.29, 1.82) is 0 Å². The van der Waals surface area contributed by atoms with Crippen LogP contribution in [-0.4, -0.2) is 12.4 Å². The molecule has 0 saturated heterocycles. The lowest BCUT2D eigenvalue weighted by molar-refractivity contribution is 0.409. The maximum Gasteiger partial charge on any atom is 0.243 e. The summed E-state index contributed by atoms with van der Waals surface area (Å²) in [6.07, 6.45) is 52.1. The number of hydrogen-bond acceptors (Lipinski definition) is 2. The first-order valence-electron chi connectivity index (χ1n) is 19.3. The summed E-state index contributed by atoms with van der Waals surface area (Å²) in [6.45, 7) is 4.61. The van der Waals surface area contributed by atoms with Gasteiger partial charge in [-0.1, -0.05) is 223 Å². The molecule has 0 aromatic rings.